The summed E-state index contributed by atoms with van der Waals surface area (Å²) in [6, 6.07) is 5.95. The molecule has 0 aromatic heterocycles. The van der Waals surface area contributed by atoms with E-state index in [1.807, 2.05) is 13.8 Å². The van der Waals surface area contributed by atoms with Crippen LogP contribution in [-0.2, 0) is 14.8 Å². The average Bonchev–Trinajstić information content (AvgIpc) is 2.45. The number of rotatable bonds is 4. The number of carbonyl (C=O) groups excluding carboxylic acids is 1. The van der Waals surface area contributed by atoms with E-state index in [2.05, 4.69) is 5.43 Å². The lowest BCUT2D eigenvalue weighted by Crippen LogP contribution is -2.48. The highest BCUT2D eigenvalue weighted by molar-refractivity contribution is 7.89. The number of morpholine rings is 1. The normalized spacial score (nSPS) is 23.0. The summed E-state index contributed by atoms with van der Waals surface area (Å²) >= 11 is 0. The zero-order chi connectivity index (χ0) is 17.2. The summed E-state index contributed by atoms with van der Waals surface area (Å²) in [6.45, 7) is 4.37. The largest absolute Gasteiger partial charge is 0.373 e. The van der Waals surface area contributed by atoms with Crippen LogP contribution in [0.1, 0.15) is 24.2 Å². The number of hydrogen-bond acceptors (Lipinski definition) is 5. The second-order valence-corrected chi connectivity index (χ2v) is 7.88. The van der Waals surface area contributed by atoms with Crippen LogP contribution in [0.3, 0.4) is 0 Å². The molecule has 7 nitrogen and oxygen atoms in total. The van der Waals surface area contributed by atoms with Gasteiger partial charge in [-0.2, -0.15) is 4.31 Å². The summed E-state index contributed by atoms with van der Waals surface area (Å²) < 4.78 is 32.4. The number of nitrogens with zero attached hydrogens (tertiary/aromatic N) is 2. The molecule has 23 heavy (non-hydrogen) atoms. The fraction of sp³-hybridized carbons (Fsp3) is 0.533. The Labute approximate surface area is 137 Å². The number of hydrazine groups is 1. The van der Waals surface area contributed by atoms with E-state index in [1.54, 1.807) is 14.1 Å². The Hall–Kier alpha value is -1.48. The van der Waals surface area contributed by atoms with Gasteiger partial charge in [-0.25, -0.2) is 13.4 Å². The Morgan fingerprint density at radius 3 is 2.17 bits per heavy atom. The maximum absolute atomic E-state index is 12.7. The topological polar surface area (TPSA) is 79.0 Å². The maximum atomic E-state index is 12.7. The molecule has 2 atom stereocenters. The number of amides is 1. The average molecular weight is 341 g/mol. The van der Waals surface area contributed by atoms with Gasteiger partial charge in [-0.05, 0) is 38.1 Å². The van der Waals surface area contributed by atoms with Gasteiger partial charge < -0.3 is 4.74 Å². The third-order valence-corrected chi connectivity index (χ3v) is 5.31. The van der Waals surface area contributed by atoms with E-state index >= 15 is 0 Å². The van der Waals surface area contributed by atoms with Crippen LogP contribution in [0, 0.1) is 0 Å². The van der Waals surface area contributed by atoms with Gasteiger partial charge >= 0.3 is 0 Å². The molecular weight excluding hydrogens is 318 g/mol. The van der Waals surface area contributed by atoms with Gasteiger partial charge in [0.25, 0.3) is 5.91 Å². The second kappa shape index (κ2) is 6.96. The molecule has 1 saturated heterocycles. The van der Waals surface area contributed by atoms with Crippen LogP contribution >= 0.6 is 0 Å². The minimum atomic E-state index is -3.58. The molecule has 2 rings (SSSR count). The molecule has 1 amide bonds. The van der Waals surface area contributed by atoms with Crippen molar-refractivity contribution >= 4 is 15.9 Å². The van der Waals surface area contributed by atoms with Crippen molar-refractivity contribution in [3.05, 3.63) is 29.8 Å². The molecule has 0 unspecified atom stereocenters. The lowest BCUT2D eigenvalue weighted by atomic mass is 10.2. The monoisotopic (exact) mass is 341 g/mol. The van der Waals surface area contributed by atoms with Gasteiger partial charge in [0.05, 0.1) is 17.1 Å². The summed E-state index contributed by atoms with van der Waals surface area (Å²) in [5.74, 6) is -0.285. The Morgan fingerprint density at radius 2 is 1.70 bits per heavy atom. The van der Waals surface area contributed by atoms with E-state index in [1.165, 1.54) is 33.6 Å². The van der Waals surface area contributed by atoms with Gasteiger partial charge in [0.15, 0.2) is 0 Å². The predicted molar refractivity (Wildman–Crippen MR) is 86.4 cm³/mol. The van der Waals surface area contributed by atoms with Gasteiger partial charge in [-0.3, -0.25) is 10.2 Å². The van der Waals surface area contributed by atoms with E-state index in [0.29, 0.717) is 18.7 Å². The summed E-state index contributed by atoms with van der Waals surface area (Å²) in [5, 5.41) is 1.53. The summed E-state index contributed by atoms with van der Waals surface area (Å²) in [5.41, 5.74) is 3.01. The zero-order valence-corrected chi connectivity index (χ0v) is 14.6. The molecule has 1 aromatic rings. The van der Waals surface area contributed by atoms with Crippen molar-refractivity contribution in [3.63, 3.8) is 0 Å². The summed E-state index contributed by atoms with van der Waals surface area (Å²) in [4.78, 5) is 12.1. The number of ether oxygens (including phenoxy) is 1. The van der Waals surface area contributed by atoms with E-state index in [-0.39, 0.29) is 23.0 Å². The summed E-state index contributed by atoms with van der Waals surface area (Å²) in [6.07, 6.45) is -0.280. The smallest absolute Gasteiger partial charge is 0.265 e. The zero-order valence-electron chi connectivity index (χ0n) is 13.8. The third-order valence-electron chi connectivity index (χ3n) is 3.47. The molecule has 1 N–H and O–H groups in total. The molecule has 1 fully saturated rings. The number of sulfonamides is 1. The molecule has 1 heterocycles. The van der Waals surface area contributed by atoms with E-state index < -0.39 is 10.0 Å². The third kappa shape index (κ3) is 4.29. The van der Waals surface area contributed by atoms with Crippen molar-refractivity contribution in [2.24, 2.45) is 0 Å². The Balaban J connectivity index is 2.19. The van der Waals surface area contributed by atoms with Crippen molar-refractivity contribution in [1.29, 1.82) is 0 Å². The first-order chi connectivity index (χ1) is 10.7. The number of hydrogen-bond donors (Lipinski definition) is 1. The highest BCUT2D eigenvalue weighted by Crippen LogP contribution is 2.21. The number of benzene rings is 1. The predicted octanol–water partition coefficient (Wildman–Crippen LogP) is 0.691. The molecule has 1 aliphatic rings. The van der Waals surface area contributed by atoms with Gasteiger partial charge in [0.2, 0.25) is 10.0 Å². The quantitative estimate of drug-likeness (QED) is 0.815. The van der Waals surface area contributed by atoms with Crippen LogP contribution in [0.4, 0.5) is 0 Å². The molecule has 0 saturated carbocycles. The van der Waals surface area contributed by atoms with Gasteiger partial charge in [0.1, 0.15) is 0 Å². The van der Waals surface area contributed by atoms with E-state index in [4.69, 9.17) is 4.74 Å². The minimum absolute atomic E-state index is 0.140. The standard InChI is InChI=1S/C15H23N3O4S/c1-11-9-18(10-12(2)22-11)23(20,21)14-7-5-13(6-8-14)15(19)16-17(3)4/h5-8,11-12H,9-10H2,1-4H3,(H,16,19)/t11-,12+. The molecule has 1 aliphatic heterocycles. The van der Waals surface area contributed by atoms with Crippen LogP contribution in [-0.4, -0.2) is 63.0 Å². The Morgan fingerprint density at radius 1 is 1.17 bits per heavy atom. The van der Waals surface area contributed by atoms with Crippen molar-refractivity contribution < 1.29 is 17.9 Å². The van der Waals surface area contributed by atoms with Crippen LogP contribution in [0.5, 0.6) is 0 Å². The van der Waals surface area contributed by atoms with Gasteiger partial charge in [-0.1, -0.05) is 0 Å². The summed E-state index contributed by atoms with van der Waals surface area (Å²) in [7, 11) is -0.170. The molecular formula is C15H23N3O4S. The van der Waals surface area contributed by atoms with E-state index in [0.717, 1.165) is 0 Å². The first-order valence-corrected chi connectivity index (χ1v) is 8.88. The van der Waals surface area contributed by atoms with Crippen LogP contribution in [0.2, 0.25) is 0 Å². The van der Waals surface area contributed by atoms with Crippen molar-refractivity contribution in [2.75, 3.05) is 27.2 Å². The van der Waals surface area contributed by atoms with Crippen molar-refractivity contribution in [2.45, 2.75) is 31.0 Å². The molecule has 8 heteroatoms. The number of carbonyl (C=O) groups is 1. The van der Waals surface area contributed by atoms with Crippen LogP contribution < -0.4 is 5.43 Å². The number of nitrogens with one attached hydrogen (secondary N) is 1. The first-order valence-electron chi connectivity index (χ1n) is 7.44. The van der Waals surface area contributed by atoms with Crippen molar-refractivity contribution in [1.82, 2.24) is 14.7 Å². The second-order valence-electron chi connectivity index (χ2n) is 5.94. The molecule has 0 bridgehead atoms. The minimum Gasteiger partial charge on any atom is -0.373 e. The van der Waals surface area contributed by atoms with Crippen LogP contribution in [0.15, 0.2) is 29.2 Å². The van der Waals surface area contributed by atoms with Crippen molar-refractivity contribution in [3.8, 4) is 0 Å². The van der Waals surface area contributed by atoms with Gasteiger partial charge in [0, 0.05) is 32.7 Å². The molecule has 128 valence electrons. The van der Waals surface area contributed by atoms with E-state index in [9.17, 15) is 13.2 Å². The molecule has 1 aromatic carbocycles. The van der Waals surface area contributed by atoms with Gasteiger partial charge in [-0.15, -0.1) is 0 Å². The highest BCUT2D eigenvalue weighted by Gasteiger charge is 2.32. The lowest BCUT2D eigenvalue weighted by Gasteiger charge is -2.34. The SMILES string of the molecule is C[C@@H]1CN(S(=O)(=O)c2ccc(C(=O)NN(C)C)cc2)C[C@H](C)O1. The fourth-order valence-electron chi connectivity index (χ4n) is 2.52. The molecule has 0 aliphatic carbocycles. The molecule has 0 spiro atoms. The molecule has 0 radical (unpaired) electrons. The maximum Gasteiger partial charge on any atom is 0.265 e. The Kier molecular flexibility index (Phi) is 5.41. The Bertz CT molecular complexity index is 648. The van der Waals surface area contributed by atoms with Crippen LogP contribution in [0.25, 0.3) is 0 Å². The first kappa shape index (κ1) is 17.9. The highest BCUT2D eigenvalue weighted by atomic mass is 32.2. The fourth-order valence-corrected chi connectivity index (χ4v) is 4.11. The lowest BCUT2D eigenvalue weighted by molar-refractivity contribution is -0.0440.